The highest BCUT2D eigenvalue weighted by Crippen LogP contribution is 2.23. The number of rotatable bonds is 3. The molecule has 0 radical (unpaired) electrons. The minimum Gasteiger partial charge on any atom is -0.335 e. The van der Waals surface area contributed by atoms with E-state index in [0.717, 1.165) is 5.75 Å². The number of hydrogen-bond acceptors (Lipinski definition) is 4. The van der Waals surface area contributed by atoms with Crippen molar-refractivity contribution in [2.75, 3.05) is 30.9 Å². The van der Waals surface area contributed by atoms with Gasteiger partial charge in [-0.2, -0.15) is 23.5 Å². The van der Waals surface area contributed by atoms with Crippen molar-refractivity contribution in [1.29, 1.82) is 0 Å². The van der Waals surface area contributed by atoms with Gasteiger partial charge in [-0.1, -0.05) is 0 Å². The van der Waals surface area contributed by atoms with Crippen molar-refractivity contribution in [3.8, 4) is 0 Å². The molecule has 1 heterocycles. The minimum absolute atomic E-state index is 0.265. The van der Waals surface area contributed by atoms with Crippen molar-refractivity contribution < 1.29 is 9.63 Å². The van der Waals surface area contributed by atoms with E-state index in [9.17, 15) is 4.79 Å². The molecule has 4 nitrogen and oxygen atoms in total. The molecule has 76 valence electrons. The first kappa shape index (κ1) is 11.0. The number of carbonyl (C=O) groups is 1. The molecule has 2 N–H and O–H groups in total. The second-order valence-electron chi connectivity index (χ2n) is 2.58. The number of hydrogen-bond donors (Lipinski definition) is 2. The number of urea groups is 1. The molecule has 2 amide bonds. The minimum atomic E-state index is -0.265. The summed E-state index contributed by atoms with van der Waals surface area (Å²) in [6.07, 6.45) is 0. The lowest BCUT2D eigenvalue weighted by Gasteiger charge is -2.20. The van der Waals surface area contributed by atoms with Gasteiger partial charge in [0.05, 0.1) is 7.11 Å². The zero-order chi connectivity index (χ0) is 9.52. The van der Waals surface area contributed by atoms with Crippen molar-refractivity contribution in [3.63, 3.8) is 0 Å². The maximum Gasteiger partial charge on any atom is 0.338 e. The van der Waals surface area contributed by atoms with Crippen LogP contribution in [0.25, 0.3) is 0 Å². The summed E-state index contributed by atoms with van der Waals surface area (Å²) < 4.78 is 0. The van der Waals surface area contributed by atoms with E-state index in [0.29, 0.717) is 11.8 Å². The van der Waals surface area contributed by atoms with Gasteiger partial charge in [0, 0.05) is 29.1 Å². The van der Waals surface area contributed by atoms with Gasteiger partial charge in [-0.15, -0.1) is 0 Å². The number of amides is 2. The molecule has 0 bridgehead atoms. The summed E-state index contributed by atoms with van der Waals surface area (Å²) in [4.78, 5) is 15.4. The van der Waals surface area contributed by atoms with E-state index in [1.54, 1.807) is 0 Å². The predicted octanol–water partition coefficient (Wildman–Crippen LogP) is 0.696. The summed E-state index contributed by atoms with van der Waals surface area (Å²) in [5.41, 5.74) is 2.22. The van der Waals surface area contributed by atoms with Crippen LogP contribution in [0.15, 0.2) is 0 Å². The lowest BCUT2D eigenvalue weighted by atomic mass is 10.5. The molecule has 0 aromatic rings. The molecule has 1 aliphatic rings. The lowest BCUT2D eigenvalue weighted by Crippen LogP contribution is -2.39. The highest BCUT2D eigenvalue weighted by atomic mass is 32.2. The third kappa shape index (κ3) is 4.64. The van der Waals surface area contributed by atoms with E-state index in [1.807, 2.05) is 23.5 Å². The van der Waals surface area contributed by atoms with Crippen LogP contribution in [-0.4, -0.2) is 42.2 Å². The third-order valence-corrected chi connectivity index (χ3v) is 4.41. The topological polar surface area (TPSA) is 50.4 Å². The van der Waals surface area contributed by atoms with Gasteiger partial charge in [0.25, 0.3) is 0 Å². The molecule has 1 unspecified atom stereocenters. The van der Waals surface area contributed by atoms with Crippen LogP contribution in [0.4, 0.5) is 4.79 Å². The van der Waals surface area contributed by atoms with E-state index in [2.05, 4.69) is 15.6 Å². The smallest absolute Gasteiger partial charge is 0.335 e. The standard InChI is InChI=1S/C7H14N2O2S2/c1-11-9-7(10)8-4-6-5-12-2-3-13-6/h6H,2-5H2,1H3,(H2,8,9,10). The Balaban J connectivity index is 2.06. The maximum absolute atomic E-state index is 10.9. The van der Waals surface area contributed by atoms with Crippen molar-refractivity contribution >= 4 is 29.6 Å². The summed E-state index contributed by atoms with van der Waals surface area (Å²) >= 11 is 3.86. The van der Waals surface area contributed by atoms with Crippen LogP contribution in [0.2, 0.25) is 0 Å². The molecule has 0 aromatic heterocycles. The van der Waals surface area contributed by atoms with Gasteiger partial charge in [-0.3, -0.25) is 4.84 Å². The molecule has 6 heteroatoms. The van der Waals surface area contributed by atoms with Crippen LogP contribution < -0.4 is 10.8 Å². The molecule has 1 rings (SSSR count). The van der Waals surface area contributed by atoms with Crippen LogP contribution in [0.5, 0.6) is 0 Å². The Bertz CT molecular complexity index is 163. The van der Waals surface area contributed by atoms with E-state index < -0.39 is 0 Å². The van der Waals surface area contributed by atoms with E-state index in [1.165, 1.54) is 18.6 Å². The Labute approximate surface area is 86.5 Å². The molecule has 1 fully saturated rings. The summed E-state index contributed by atoms with van der Waals surface area (Å²) in [7, 11) is 1.42. The van der Waals surface area contributed by atoms with Crippen LogP contribution in [0.1, 0.15) is 0 Å². The number of hydroxylamine groups is 1. The molecule has 0 spiro atoms. The first-order valence-corrected chi connectivity index (χ1v) is 6.29. The quantitative estimate of drug-likeness (QED) is 0.690. The highest BCUT2D eigenvalue weighted by Gasteiger charge is 2.14. The second-order valence-corrected chi connectivity index (χ2v) is 5.14. The molecular formula is C7H14N2O2S2. The van der Waals surface area contributed by atoms with Crippen molar-refractivity contribution in [1.82, 2.24) is 10.8 Å². The fraction of sp³-hybridized carbons (Fsp3) is 0.857. The van der Waals surface area contributed by atoms with Crippen molar-refractivity contribution in [3.05, 3.63) is 0 Å². The van der Waals surface area contributed by atoms with Gasteiger partial charge in [0.15, 0.2) is 0 Å². The van der Waals surface area contributed by atoms with Gasteiger partial charge in [-0.05, 0) is 0 Å². The van der Waals surface area contributed by atoms with E-state index in [-0.39, 0.29) is 6.03 Å². The Morgan fingerprint density at radius 3 is 3.08 bits per heavy atom. The van der Waals surface area contributed by atoms with E-state index in [4.69, 9.17) is 0 Å². The second kappa shape index (κ2) is 6.39. The lowest BCUT2D eigenvalue weighted by molar-refractivity contribution is 0.107. The van der Waals surface area contributed by atoms with Gasteiger partial charge >= 0.3 is 6.03 Å². The Morgan fingerprint density at radius 1 is 1.62 bits per heavy atom. The summed E-state index contributed by atoms with van der Waals surface area (Å²) in [6, 6.07) is -0.265. The first-order valence-electron chi connectivity index (χ1n) is 4.09. The van der Waals surface area contributed by atoms with E-state index >= 15 is 0 Å². The summed E-state index contributed by atoms with van der Waals surface area (Å²) in [5.74, 6) is 3.53. The van der Waals surface area contributed by atoms with Gasteiger partial charge in [0.1, 0.15) is 0 Å². The number of thioether (sulfide) groups is 2. The molecular weight excluding hydrogens is 208 g/mol. The number of carbonyl (C=O) groups excluding carboxylic acids is 1. The fourth-order valence-electron chi connectivity index (χ4n) is 0.990. The van der Waals surface area contributed by atoms with Gasteiger partial charge in [0.2, 0.25) is 0 Å². The molecule has 0 aliphatic carbocycles. The van der Waals surface area contributed by atoms with Crippen LogP contribution in [0.3, 0.4) is 0 Å². The van der Waals surface area contributed by atoms with Crippen LogP contribution in [0, 0.1) is 0 Å². The van der Waals surface area contributed by atoms with Crippen LogP contribution >= 0.6 is 23.5 Å². The average molecular weight is 222 g/mol. The molecule has 1 aliphatic heterocycles. The fourth-order valence-corrected chi connectivity index (χ4v) is 3.60. The Kier molecular flexibility index (Phi) is 5.41. The van der Waals surface area contributed by atoms with Gasteiger partial charge < -0.3 is 5.32 Å². The predicted molar refractivity (Wildman–Crippen MR) is 57.1 cm³/mol. The molecule has 1 atom stereocenters. The molecule has 0 saturated carbocycles. The normalized spacial score (nSPS) is 22.4. The van der Waals surface area contributed by atoms with Crippen molar-refractivity contribution in [2.45, 2.75) is 5.25 Å². The largest absolute Gasteiger partial charge is 0.338 e. The van der Waals surface area contributed by atoms with Crippen LogP contribution in [-0.2, 0) is 4.84 Å². The summed E-state index contributed by atoms with van der Waals surface area (Å²) in [6.45, 7) is 0.715. The van der Waals surface area contributed by atoms with Gasteiger partial charge in [-0.25, -0.2) is 10.3 Å². The number of nitrogens with one attached hydrogen (secondary N) is 2. The monoisotopic (exact) mass is 222 g/mol. The zero-order valence-corrected chi connectivity index (χ0v) is 9.17. The highest BCUT2D eigenvalue weighted by molar-refractivity contribution is 8.06. The van der Waals surface area contributed by atoms with Crippen molar-refractivity contribution in [2.24, 2.45) is 0 Å². The summed E-state index contributed by atoms with van der Waals surface area (Å²) in [5, 5.41) is 3.29. The average Bonchev–Trinajstić information content (AvgIpc) is 2.17. The maximum atomic E-state index is 10.9. The molecule has 1 saturated heterocycles. The Hall–Kier alpha value is -0.0700. The third-order valence-electron chi connectivity index (χ3n) is 1.57. The SMILES string of the molecule is CONC(=O)NCC1CSCCS1. The zero-order valence-electron chi connectivity index (χ0n) is 7.54. The Morgan fingerprint density at radius 2 is 2.46 bits per heavy atom. The first-order chi connectivity index (χ1) is 6.33. The molecule has 13 heavy (non-hydrogen) atoms. The molecule has 0 aromatic carbocycles.